The van der Waals surface area contributed by atoms with Gasteiger partial charge in [-0.1, -0.05) is 28.9 Å². The Morgan fingerprint density at radius 3 is 2.62 bits per heavy atom. The molecule has 0 amide bonds. The normalized spacial score (nSPS) is 13.0. The summed E-state index contributed by atoms with van der Waals surface area (Å²) in [5.41, 5.74) is 4.11. The summed E-state index contributed by atoms with van der Waals surface area (Å²) in [5, 5.41) is 0. The SMILES string of the molecule is CCc1occc1C(Br)c1ccc2c(c1)n(C)c(=O)n2C. The minimum absolute atomic E-state index is 0.00849. The summed E-state index contributed by atoms with van der Waals surface area (Å²) in [6.45, 7) is 2.08. The lowest BCUT2D eigenvalue weighted by Gasteiger charge is -2.10. The van der Waals surface area contributed by atoms with Gasteiger partial charge >= 0.3 is 5.69 Å². The first-order chi connectivity index (χ1) is 10.0. The molecule has 4 nitrogen and oxygen atoms in total. The average Bonchev–Trinajstić information content (AvgIpc) is 3.06. The van der Waals surface area contributed by atoms with Crippen LogP contribution >= 0.6 is 15.9 Å². The molecule has 0 N–H and O–H groups in total. The zero-order chi connectivity index (χ0) is 15.1. The second-order valence-corrected chi connectivity index (χ2v) is 6.08. The standard InChI is InChI=1S/C16H17BrN2O2/c1-4-14-11(7-8-21-14)15(17)10-5-6-12-13(9-10)19(3)16(20)18(12)2/h5-9,15H,4H2,1-3H3. The fourth-order valence-electron chi connectivity index (χ4n) is 2.72. The molecule has 0 spiro atoms. The van der Waals surface area contributed by atoms with E-state index in [-0.39, 0.29) is 10.5 Å². The van der Waals surface area contributed by atoms with Crippen LogP contribution in [0.4, 0.5) is 0 Å². The van der Waals surface area contributed by atoms with Crippen molar-refractivity contribution < 1.29 is 4.42 Å². The van der Waals surface area contributed by atoms with E-state index < -0.39 is 0 Å². The number of aromatic nitrogens is 2. The van der Waals surface area contributed by atoms with Crippen LogP contribution in [0, 0.1) is 0 Å². The average molecular weight is 349 g/mol. The number of halogens is 1. The van der Waals surface area contributed by atoms with E-state index in [0.29, 0.717) is 0 Å². The Hall–Kier alpha value is -1.75. The molecule has 21 heavy (non-hydrogen) atoms. The molecule has 0 fully saturated rings. The van der Waals surface area contributed by atoms with Gasteiger partial charge in [-0.3, -0.25) is 9.13 Å². The number of rotatable bonds is 3. The van der Waals surface area contributed by atoms with Crippen LogP contribution < -0.4 is 5.69 Å². The molecule has 3 rings (SSSR count). The Morgan fingerprint density at radius 2 is 1.90 bits per heavy atom. The summed E-state index contributed by atoms with van der Waals surface area (Å²) >= 11 is 3.75. The maximum atomic E-state index is 12.0. The number of imidazole rings is 1. The fraction of sp³-hybridized carbons (Fsp3) is 0.312. The van der Waals surface area contributed by atoms with Gasteiger partial charge in [0.2, 0.25) is 0 Å². The molecule has 3 aromatic rings. The predicted octanol–water partition coefficient (Wildman–Crippen LogP) is 3.52. The molecule has 2 aromatic heterocycles. The van der Waals surface area contributed by atoms with Crippen LogP contribution in [0.3, 0.4) is 0 Å². The molecule has 110 valence electrons. The van der Waals surface area contributed by atoms with E-state index in [4.69, 9.17) is 4.42 Å². The van der Waals surface area contributed by atoms with Crippen molar-refractivity contribution in [2.45, 2.75) is 18.2 Å². The molecule has 5 heteroatoms. The Labute approximate surface area is 131 Å². The van der Waals surface area contributed by atoms with E-state index in [1.807, 2.05) is 18.2 Å². The lowest BCUT2D eigenvalue weighted by atomic mass is 10.0. The molecule has 1 atom stereocenters. The number of nitrogens with zero attached hydrogens (tertiary/aromatic N) is 2. The van der Waals surface area contributed by atoms with Crippen LogP contribution in [0.25, 0.3) is 11.0 Å². The number of alkyl halides is 1. The minimum atomic E-state index is -0.00849. The highest BCUT2D eigenvalue weighted by molar-refractivity contribution is 9.09. The predicted molar refractivity (Wildman–Crippen MR) is 87.0 cm³/mol. The Balaban J connectivity index is 2.13. The quantitative estimate of drug-likeness (QED) is 0.679. The van der Waals surface area contributed by atoms with E-state index in [1.165, 1.54) is 0 Å². The van der Waals surface area contributed by atoms with Gasteiger partial charge in [-0.25, -0.2) is 4.79 Å². The Morgan fingerprint density at radius 1 is 1.19 bits per heavy atom. The molecule has 0 radical (unpaired) electrons. The minimum Gasteiger partial charge on any atom is -0.469 e. The van der Waals surface area contributed by atoms with Gasteiger partial charge in [-0.15, -0.1) is 0 Å². The molecule has 1 aromatic carbocycles. The first kappa shape index (κ1) is 14.2. The van der Waals surface area contributed by atoms with Gasteiger partial charge in [0.05, 0.1) is 22.1 Å². The lowest BCUT2D eigenvalue weighted by molar-refractivity contribution is 0.512. The van der Waals surface area contributed by atoms with E-state index >= 15 is 0 Å². The summed E-state index contributed by atoms with van der Waals surface area (Å²) in [6, 6.07) is 8.09. The van der Waals surface area contributed by atoms with Crippen molar-refractivity contribution in [2.75, 3.05) is 0 Å². The molecule has 0 aliphatic carbocycles. The van der Waals surface area contributed by atoms with Crippen LogP contribution in [0.15, 0.2) is 39.7 Å². The maximum Gasteiger partial charge on any atom is 0.328 e. The Kier molecular flexibility index (Phi) is 3.53. The molecular weight excluding hydrogens is 332 g/mol. The number of benzene rings is 1. The van der Waals surface area contributed by atoms with Crippen molar-refractivity contribution in [2.24, 2.45) is 14.1 Å². The highest BCUT2D eigenvalue weighted by Gasteiger charge is 2.18. The van der Waals surface area contributed by atoms with Gasteiger partial charge in [-0.05, 0) is 23.8 Å². The van der Waals surface area contributed by atoms with Crippen molar-refractivity contribution in [3.63, 3.8) is 0 Å². The lowest BCUT2D eigenvalue weighted by Crippen LogP contribution is -2.19. The number of hydrogen-bond donors (Lipinski definition) is 0. The first-order valence-electron chi connectivity index (χ1n) is 6.90. The van der Waals surface area contributed by atoms with Crippen molar-refractivity contribution in [3.05, 3.63) is 57.9 Å². The smallest absolute Gasteiger partial charge is 0.328 e. The highest BCUT2D eigenvalue weighted by atomic mass is 79.9. The molecule has 2 heterocycles. The van der Waals surface area contributed by atoms with E-state index in [0.717, 1.165) is 34.3 Å². The summed E-state index contributed by atoms with van der Waals surface area (Å²) in [5.74, 6) is 0.985. The topological polar surface area (TPSA) is 40.1 Å². The third-order valence-electron chi connectivity index (χ3n) is 3.96. The summed E-state index contributed by atoms with van der Waals surface area (Å²) in [7, 11) is 3.59. The third kappa shape index (κ3) is 2.16. The summed E-state index contributed by atoms with van der Waals surface area (Å²) in [4.78, 5) is 12.1. The van der Waals surface area contributed by atoms with Crippen molar-refractivity contribution in [1.29, 1.82) is 0 Å². The third-order valence-corrected chi connectivity index (χ3v) is 4.98. The fourth-order valence-corrected chi connectivity index (χ4v) is 3.42. The number of aryl methyl sites for hydroxylation is 3. The number of fused-ring (bicyclic) bond motifs is 1. The van der Waals surface area contributed by atoms with Crippen molar-refractivity contribution in [3.8, 4) is 0 Å². The second-order valence-electron chi connectivity index (χ2n) is 5.16. The van der Waals surface area contributed by atoms with Crippen LogP contribution in [0.1, 0.15) is 28.6 Å². The number of furan rings is 1. The highest BCUT2D eigenvalue weighted by Crippen LogP contribution is 2.35. The van der Waals surface area contributed by atoms with Gasteiger partial charge in [0, 0.05) is 26.1 Å². The van der Waals surface area contributed by atoms with E-state index in [2.05, 4.69) is 28.9 Å². The largest absolute Gasteiger partial charge is 0.469 e. The maximum absolute atomic E-state index is 12.0. The van der Waals surface area contributed by atoms with Gasteiger partial charge < -0.3 is 4.42 Å². The molecular formula is C16H17BrN2O2. The molecule has 0 aliphatic rings. The zero-order valence-corrected chi connectivity index (χ0v) is 13.8. The van der Waals surface area contributed by atoms with E-state index in [9.17, 15) is 4.79 Å². The van der Waals surface area contributed by atoms with Gasteiger partial charge in [-0.2, -0.15) is 0 Å². The molecule has 0 saturated heterocycles. The monoisotopic (exact) mass is 348 g/mol. The van der Waals surface area contributed by atoms with Crippen LogP contribution in [-0.2, 0) is 20.5 Å². The van der Waals surface area contributed by atoms with Crippen LogP contribution in [0.5, 0.6) is 0 Å². The first-order valence-corrected chi connectivity index (χ1v) is 7.81. The van der Waals surface area contributed by atoms with Crippen LogP contribution in [-0.4, -0.2) is 9.13 Å². The van der Waals surface area contributed by atoms with E-state index in [1.54, 1.807) is 29.5 Å². The second kappa shape index (κ2) is 5.22. The summed E-state index contributed by atoms with van der Waals surface area (Å²) < 4.78 is 8.84. The zero-order valence-electron chi connectivity index (χ0n) is 12.3. The summed E-state index contributed by atoms with van der Waals surface area (Å²) in [6.07, 6.45) is 2.58. The van der Waals surface area contributed by atoms with Gasteiger partial charge in [0.25, 0.3) is 0 Å². The molecule has 0 aliphatic heterocycles. The van der Waals surface area contributed by atoms with Gasteiger partial charge in [0.1, 0.15) is 5.76 Å². The number of hydrogen-bond acceptors (Lipinski definition) is 2. The van der Waals surface area contributed by atoms with Gasteiger partial charge in [0.15, 0.2) is 0 Å². The van der Waals surface area contributed by atoms with Crippen molar-refractivity contribution in [1.82, 2.24) is 9.13 Å². The molecule has 0 saturated carbocycles. The van der Waals surface area contributed by atoms with Crippen LogP contribution in [0.2, 0.25) is 0 Å². The molecule has 0 bridgehead atoms. The van der Waals surface area contributed by atoms with Crippen molar-refractivity contribution >= 4 is 27.0 Å². The molecule has 1 unspecified atom stereocenters. The Bertz CT molecular complexity index is 857.